The van der Waals surface area contributed by atoms with Gasteiger partial charge in [-0.2, -0.15) is 0 Å². The fourth-order valence-corrected chi connectivity index (χ4v) is 11.1. The first kappa shape index (κ1) is 19.3. The summed E-state index contributed by atoms with van der Waals surface area (Å²) in [6.07, 6.45) is 2.46. The van der Waals surface area contributed by atoms with Crippen molar-refractivity contribution >= 4 is 43.5 Å². The first-order chi connectivity index (χ1) is 17.4. The van der Waals surface area contributed by atoms with Crippen LogP contribution in [-0.4, -0.2) is 4.98 Å². The molecule has 5 aromatic carbocycles. The second-order valence-corrected chi connectivity index (χ2v) is 12.6. The molecule has 8 rings (SSSR count). The van der Waals surface area contributed by atoms with Crippen LogP contribution in [0.4, 0.5) is 0 Å². The summed E-state index contributed by atoms with van der Waals surface area (Å²) >= 11 is 0. The van der Waals surface area contributed by atoms with Crippen molar-refractivity contribution in [3.8, 4) is 0 Å². The highest BCUT2D eigenvalue weighted by atomic mass is 32.3. The smallest absolute Gasteiger partial charge is 0.0552 e. The summed E-state index contributed by atoms with van der Waals surface area (Å²) in [5.74, 6) is 0. The van der Waals surface area contributed by atoms with E-state index >= 15 is 0 Å². The lowest BCUT2D eigenvalue weighted by Gasteiger charge is -2.43. The van der Waals surface area contributed by atoms with Gasteiger partial charge in [0.05, 0.1) is 10.8 Å². The van der Waals surface area contributed by atoms with Gasteiger partial charge in [-0.15, -0.1) is 10.0 Å². The molecule has 0 saturated carbocycles. The fourth-order valence-electron chi connectivity index (χ4n) is 6.39. The minimum Gasteiger partial charge on any atom is -0.354 e. The van der Waals surface area contributed by atoms with Crippen LogP contribution in [0, 0.1) is 0 Å². The van der Waals surface area contributed by atoms with E-state index in [9.17, 15) is 0 Å². The van der Waals surface area contributed by atoms with Gasteiger partial charge in [-0.05, 0) is 69.0 Å². The zero-order valence-corrected chi connectivity index (χ0v) is 19.9. The molecule has 35 heavy (non-hydrogen) atoms. The molecule has 166 valence electrons. The van der Waals surface area contributed by atoms with Gasteiger partial charge >= 0.3 is 0 Å². The Morgan fingerprint density at radius 1 is 0.571 bits per heavy atom. The second-order valence-electron chi connectivity index (χ2n) is 9.43. The molecule has 1 aliphatic carbocycles. The topological polar surface area (TPSA) is 15.8 Å². The van der Waals surface area contributed by atoms with Crippen molar-refractivity contribution in [1.29, 1.82) is 0 Å². The van der Waals surface area contributed by atoms with Crippen molar-refractivity contribution in [3.63, 3.8) is 0 Å². The molecule has 0 saturated heterocycles. The Morgan fingerprint density at radius 3 is 2.00 bits per heavy atom. The lowest BCUT2D eigenvalue weighted by atomic mass is 10.0. The Labute approximate surface area is 206 Å². The number of nitrogens with one attached hydrogen (secondary N) is 1. The Bertz CT molecular complexity index is 1750. The van der Waals surface area contributed by atoms with E-state index in [4.69, 9.17) is 0 Å². The number of benzene rings is 5. The Morgan fingerprint density at radius 2 is 1.23 bits per heavy atom. The van der Waals surface area contributed by atoms with Crippen LogP contribution in [0.3, 0.4) is 0 Å². The van der Waals surface area contributed by atoms with E-state index < -0.39 is 10.0 Å². The van der Waals surface area contributed by atoms with Crippen LogP contribution in [0.1, 0.15) is 21.9 Å². The summed E-state index contributed by atoms with van der Waals surface area (Å²) in [4.78, 5) is 8.15. The summed E-state index contributed by atoms with van der Waals surface area (Å²) in [5, 5.41) is 2.91. The van der Waals surface area contributed by atoms with Crippen LogP contribution >= 0.6 is 10.0 Å². The van der Waals surface area contributed by atoms with Gasteiger partial charge in [-0.25, -0.2) is 0 Å². The summed E-state index contributed by atoms with van der Waals surface area (Å²) in [7, 11) is -1.59. The standard InChI is InChI=1S/C33H23NS/c1-3-12-23(13-4-1)35(24-14-5-2-6-15-24)30-20-19-27-26-17-9-10-18-29(26)34-32(27)31(30)28-21-22-11-7-8-16-25(22)33(28)35/h1-21,33-34H. The average molecular weight is 466 g/mol. The van der Waals surface area contributed by atoms with Crippen molar-refractivity contribution in [1.82, 2.24) is 4.98 Å². The highest BCUT2D eigenvalue weighted by Crippen LogP contribution is 2.85. The van der Waals surface area contributed by atoms with Crippen molar-refractivity contribution in [2.45, 2.75) is 19.9 Å². The third kappa shape index (κ3) is 2.40. The van der Waals surface area contributed by atoms with E-state index in [1.807, 2.05) is 0 Å². The molecule has 2 heteroatoms. The minimum absolute atomic E-state index is 0.301. The number of hydrogen-bond donors (Lipinski definition) is 1. The number of para-hydroxylation sites is 1. The molecule has 0 amide bonds. The van der Waals surface area contributed by atoms with E-state index in [1.54, 1.807) is 0 Å². The third-order valence-corrected chi connectivity index (χ3v) is 12.0. The zero-order chi connectivity index (χ0) is 23.0. The molecule has 1 nitrogen and oxygen atoms in total. The van der Waals surface area contributed by atoms with Crippen LogP contribution in [0.2, 0.25) is 0 Å². The number of aromatic nitrogens is 1. The van der Waals surface area contributed by atoms with Crippen molar-refractivity contribution in [2.24, 2.45) is 0 Å². The summed E-state index contributed by atoms with van der Waals surface area (Å²) < 4.78 is 0. The van der Waals surface area contributed by atoms with Crippen LogP contribution in [0.5, 0.6) is 0 Å². The predicted octanol–water partition coefficient (Wildman–Crippen LogP) is 9.21. The zero-order valence-electron chi connectivity index (χ0n) is 19.1. The van der Waals surface area contributed by atoms with Crippen LogP contribution < -0.4 is 0 Å². The van der Waals surface area contributed by atoms with E-state index in [2.05, 4.69) is 132 Å². The summed E-state index contributed by atoms with van der Waals surface area (Å²) in [6, 6.07) is 45.0. The minimum atomic E-state index is -1.59. The highest BCUT2D eigenvalue weighted by molar-refractivity contribution is 8.34. The monoisotopic (exact) mass is 465 g/mol. The van der Waals surface area contributed by atoms with Gasteiger partial charge in [0.15, 0.2) is 0 Å². The largest absolute Gasteiger partial charge is 0.354 e. The van der Waals surface area contributed by atoms with Gasteiger partial charge in [0, 0.05) is 26.7 Å². The van der Waals surface area contributed by atoms with Crippen molar-refractivity contribution < 1.29 is 0 Å². The van der Waals surface area contributed by atoms with Crippen molar-refractivity contribution in [3.05, 3.63) is 138 Å². The molecule has 2 aliphatic rings. The molecule has 1 N–H and O–H groups in total. The maximum absolute atomic E-state index is 3.83. The molecular formula is C33H23NS. The molecule has 6 aromatic rings. The van der Waals surface area contributed by atoms with Gasteiger partial charge in [0.2, 0.25) is 0 Å². The van der Waals surface area contributed by atoms with Gasteiger partial charge in [-0.1, -0.05) is 84.9 Å². The first-order valence-electron chi connectivity index (χ1n) is 12.1. The SMILES string of the molecule is C1=C2c3c(ccc4c3[nH]c3ccccc34)S(c3ccccc3)(c3ccccc3)C2c2ccccc21. The molecule has 0 fully saturated rings. The molecule has 0 bridgehead atoms. The summed E-state index contributed by atoms with van der Waals surface area (Å²) in [6.45, 7) is 0. The van der Waals surface area contributed by atoms with E-state index in [0.29, 0.717) is 5.25 Å². The van der Waals surface area contributed by atoms with Gasteiger partial charge in [-0.3, -0.25) is 0 Å². The van der Waals surface area contributed by atoms with Crippen molar-refractivity contribution in [2.75, 3.05) is 0 Å². The number of rotatable bonds is 2. The second kappa shape index (κ2) is 7.00. The fraction of sp³-hybridized carbons (Fsp3) is 0.0303. The number of hydrogen-bond acceptors (Lipinski definition) is 0. The Kier molecular flexibility index (Phi) is 3.86. The quantitative estimate of drug-likeness (QED) is 0.262. The third-order valence-electron chi connectivity index (χ3n) is 7.74. The predicted molar refractivity (Wildman–Crippen MR) is 148 cm³/mol. The Hall–Kier alpha value is -4.01. The van der Waals surface area contributed by atoms with E-state index in [0.717, 1.165) is 0 Å². The molecule has 2 heterocycles. The van der Waals surface area contributed by atoms with E-state index in [-0.39, 0.29) is 0 Å². The normalized spacial score (nSPS) is 18.2. The lowest BCUT2D eigenvalue weighted by Crippen LogP contribution is -2.08. The van der Waals surface area contributed by atoms with Crippen LogP contribution in [0.25, 0.3) is 33.5 Å². The summed E-state index contributed by atoms with van der Waals surface area (Å²) in [5.41, 5.74) is 8.15. The maximum Gasteiger partial charge on any atom is 0.0552 e. The van der Waals surface area contributed by atoms with Crippen LogP contribution in [-0.2, 0) is 0 Å². The number of H-pyrrole nitrogens is 1. The maximum atomic E-state index is 3.83. The number of aromatic amines is 1. The molecule has 0 radical (unpaired) electrons. The molecule has 1 aliphatic heterocycles. The van der Waals surface area contributed by atoms with Gasteiger partial charge in [0.1, 0.15) is 0 Å². The van der Waals surface area contributed by atoms with E-state index in [1.165, 1.54) is 58.8 Å². The number of fused-ring (bicyclic) bond motifs is 9. The average Bonchev–Trinajstić information content (AvgIpc) is 3.57. The Balaban J connectivity index is 1.59. The van der Waals surface area contributed by atoms with Gasteiger partial charge < -0.3 is 4.98 Å². The highest BCUT2D eigenvalue weighted by Gasteiger charge is 2.51. The van der Waals surface area contributed by atoms with Gasteiger partial charge in [0.25, 0.3) is 0 Å². The lowest BCUT2D eigenvalue weighted by molar-refractivity contribution is 1.21. The molecule has 0 spiro atoms. The molecule has 1 atom stereocenters. The first-order valence-corrected chi connectivity index (χ1v) is 13.8. The molecule has 1 aromatic heterocycles. The molecule has 1 unspecified atom stereocenters. The van der Waals surface area contributed by atoms with Crippen LogP contribution in [0.15, 0.2) is 136 Å². The molecular weight excluding hydrogens is 442 g/mol.